The van der Waals surface area contributed by atoms with E-state index in [1.54, 1.807) is 0 Å². The molecule has 1 amide bonds. The quantitative estimate of drug-likeness (QED) is 0.881. The molecule has 0 atom stereocenters. The van der Waals surface area contributed by atoms with E-state index in [0.29, 0.717) is 0 Å². The summed E-state index contributed by atoms with van der Waals surface area (Å²) >= 11 is 0. The lowest BCUT2D eigenvalue weighted by Crippen LogP contribution is -2.28. The summed E-state index contributed by atoms with van der Waals surface area (Å²) in [6.07, 6.45) is 5.18. The standard InChI is InChI=1S/C14H17N3O/c1-9-10(2)17-8-4-7-12(13(17)15-9)16-14(18)11-5-3-6-11/h4,7-8,11H,3,5-6H2,1-2H3,(H,16,18). The zero-order valence-electron chi connectivity index (χ0n) is 10.7. The number of pyridine rings is 1. The van der Waals surface area contributed by atoms with Gasteiger partial charge in [-0.1, -0.05) is 6.42 Å². The first-order chi connectivity index (χ1) is 8.66. The van der Waals surface area contributed by atoms with Crippen LogP contribution in [-0.4, -0.2) is 15.3 Å². The fourth-order valence-electron chi connectivity index (χ4n) is 2.30. The molecule has 1 aliphatic rings. The number of anilines is 1. The summed E-state index contributed by atoms with van der Waals surface area (Å²) in [6, 6.07) is 3.86. The van der Waals surface area contributed by atoms with E-state index in [1.807, 2.05) is 36.6 Å². The van der Waals surface area contributed by atoms with E-state index >= 15 is 0 Å². The topological polar surface area (TPSA) is 46.4 Å². The highest BCUT2D eigenvalue weighted by Gasteiger charge is 2.25. The van der Waals surface area contributed by atoms with Crippen molar-refractivity contribution in [1.29, 1.82) is 0 Å². The molecule has 2 heterocycles. The van der Waals surface area contributed by atoms with E-state index in [9.17, 15) is 4.79 Å². The van der Waals surface area contributed by atoms with Crippen molar-refractivity contribution in [2.75, 3.05) is 5.32 Å². The molecule has 1 fully saturated rings. The van der Waals surface area contributed by atoms with Crippen LogP contribution in [0.25, 0.3) is 5.65 Å². The Kier molecular flexibility index (Phi) is 2.58. The number of imidazole rings is 1. The predicted octanol–water partition coefficient (Wildman–Crippen LogP) is 2.69. The molecule has 0 aliphatic heterocycles. The van der Waals surface area contributed by atoms with Crippen LogP contribution in [0.2, 0.25) is 0 Å². The number of nitrogens with zero attached hydrogens (tertiary/aromatic N) is 2. The molecule has 1 saturated carbocycles. The molecule has 0 bridgehead atoms. The van der Waals surface area contributed by atoms with Crippen molar-refractivity contribution < 1.29 is 4.79 Å². The molecule has 4 nitrogen and oxygen atoms in total. The van der Waals surface area contributed by atoms with Crippen LogP contribution < -0.4 is 5.32 Å². The van der Waals surface area contributed by atoms with Crippen LogP contribution in [0.3, 0.4) is 0 Å². The SMILES string of the molecule is Cc1nc2c(NC(=O)C3CCC3)cccn2c1C. The maximum atomic E-state index is 12.0. The lowest BCUT2D eigenvalue weighted by Gasteiger charge is -2.24. The summed E-state index contributed by atoms with van der Waals surface area (Å²) in [4.78, 5) is 16.5. The molecule has 1 N–H and O–H groups in total. The number of carbonyl (C=O) groups excluding carboxylic acids is 1. The van der Waals surface area contributed by atoms with Crippen LogP contribution in [0.4, 0.5) is 5.69 Å². The molecule has 0 aromatic carbocycles. The van der Waals surface area contributed by atoms with Gasteiger partial charge in [-0.2, -0.15) is 0 Å². The Balaban J connectivity index is 1.96. The molecule has 4 heteroatoms. The van der Waals surface area contributed by atoms with Gasteiger partial charge in [0.1, 0.15) is 0 Å². The Hall–Kier alpha value is -1.84. The first kappa shape index (κ1) is 11.3. The molecular formula is C14H17N3O. The largest absolute Gasteiger partial charge is 0.323 e. The number of aromatic nitrogens is 2. The maximum Gasteiger partial charge on any atom is 0.227 e. The van der Waals surface area contributed by atoms with Gasteiger partial charge in [-0.25, -0.2) is 4.98 Å². The highest BCUT2D eigenvalue weighted by Crippen LogP contribution is 2.28. The summed E-state index contributed by atoms with van der Waals surface area (Å²) < 4.78 is 2.02. The monoisotopic (exact) mass is 243 g/mol. The second-order valence-corrected chi connectivity index (χ2v) is 5.02. The van der Waals surface area contributed by atoms with Crippen LogP contribution >= 0.6 is 0 Å². The second-order valence-electron chi connectivity index (χ2n) is 5.02. The number of carbonyl (C=O) groups is 1. The normalized spacial score (nSPS) is 15.7. The van der Waals surface area contributed by atoms with Crippen LogP contribution in [0.1, 0.15) is 30.7 Å². The van der Waals surface area contributed by atoms with Crippen molar-refractivity contribution in [2.24, 2.45) is 5.92 Å². The molecule has 2 aromatic heterocycles. The van der Waals surface area contributed by atoms with E-state index in [4.69, 9.17) is 0 Å². The predicted molar refractivity (Wildman–Crippen MR) is 70.6 cm³/mol. The summed E-state index contributed by atoms with van der Waals surface area (Å²) in [5.41, 5.74) is 3.76. The number of fused-ring (bicyclic) bond motifs is 1. The Morgan fingerprint density at radius 3 is 2.89 bits per heavy atom. The highest BCUT2D eigenvalue weighted by molar-refractivity contribution is 5.96. The van der Waals surface area contributed by atoms with Crippen molar-refractivity contribution in [3.63, 3.8) is 0 Å². The first-order valence-corrected chi connectivity index (χ1v) is 6.42. The minimum atomic E-state index is 0.132. The third-order valence-electron chi connectivity index (χ3n) is 3.86. The van der Waals surface area contributed by atoms with Crippen molar-refractivity contribution in [2.45, 2.75) is 33.1 Å². The van der Waals surface area contributed by atoms with Gasteiger partial charge in [-0.05, 0) is 38.8 Å². The van der Waals surface area contributed by atoms with Crippen LogP contribution in [0.5, 0.6) is 0 Å². The van der Waals surface area contributed by atoms with Gasteiger partial charge in [0.25, 0.3) is 0 Å². The van der Waals surface area contributed by atoms with Crippen molar-refractivity contribution in [3.8, 4) is 0 Å². The van der Waals surface area contributed by atoms with E-state index < -0.39 is 0 Å². The van der Waals surface area contributed by atoms with Gasteiger partial charge in [0, 0.05) is 17.8 Å². The zero-order valence-corrected chi connectivity index (χ0v) is 10.7. The number of rotatable bonds is 2. The lowest BCUT2D eigenvalue weighted by atomic mass is 9.85. The first-order valence-electron chi connectivity index (χ1n) is 6.42. The zero-order chi connectivity index (χ0) is 12.7. The molecule has 0 unspecified atom stereocenters. The third-order valence-corrected chi connectivity index (χ3v) is 3.86. The fraction of sp³-hybridized carbons (Fsp3) is 0.429. The Labute approximate surface area is 106 Å². The molecule has 94 valence electrons. The average molecular weight is 243 g/mol. The molecule has 0 radical (unpaired) electrons. The summed E-state index contributed by atoms with van der Waals surface area (Å²) in [5.74, 6) is 0.329. The van der Waals surface area contributed by atoms with Crippen molar-refractivity contribution in [3.05, 3.63) is 29.7 Å². The molecule has 0 saturated heterocycles. The van der Waals surface area contributed by atoms with Gasteiger partial charge in [0.15, 0.2) is 5.65 Å². The molecule has 3 rings (SSSR count). The summed E-state index contributed by atoms with van der Waals surface area (Å²) in [5, 5.41) is 3.01. The van der Waals surface area contributed by atoms with Crippen LogP contribution in [0.15, 0.2) is 18.3 Å². The van der Waals surface area contributed by atoms with Gasteiger partial charge < -0.3 is 9.72 Å². The van der Waals surface area contributed by atoms with E-state index in [-0.39, 0.29) is 11.8 Å². The number of hydrogen-bond donors (Lipinski definition) is 1. The Morgan fingerprint density at radius 1 is 1.44 bits per heavy atom. The highest BCUT2D eigenvalue weighted by atomic mass is 16.1. The smallest absolute Gasteiger partial charge is 0.227 e. The molecule has 1 aliphatic carbocycles. The molecule has 2 aromatic rings. The fourth-order valence-corrected chi connectivity index (χ4v) is 2.30. The van der Waals surface area contributed by atoms with Gasteiger partial charge in [0.05, 0.1) is 11.4 Å². The number of hydrogen-bond acceptors (Lipinski definition) is 2. The number of nitrogens with one attached hydrogen (secondary N) is 1. The Bertz CT molecular complexity index is 611. The Morgan fingerprint density at radius 2 is 2.22 bits per heavy atom. The van der Waals surface area contributed by atoms with E-state index in [2.05, 4.69) is 10.3 Å². The summed E-state index contributed by atoms with van der Waals surface area (Å²) in [6.45, 7) is 4.02. The van der Waals surface area contributed by atoms with Gasteiger partial charge in [0.2, 0.25) is 5.91 Å². The lowest BCUT2D eigenvalue weighted by molar-refractivity contribution is -0.122. The molecule has 18 heavy (non-hydrogen) atoms. The van der Waals surface area contributed by atoms with Crippen molar-refractivity contribution >= 4 is 17.2 Å². The second kappa shape index (κ2) is 4.12. The third kappa shape index (κ3) is 1.68. The van der Waals surface area contributed by atoms with Gasteiger partial charge >= 0.3 is 0 Å². The van der Waals surface area contributed by atoms with Crippen LogP contribution in [0, 0.1) is 19.8 Å². The van der Waals surface area contributed by atoms with Crippen molar-refractivity contribution in [1.82, 2.24) is 9.38 Å². The molecular weight excluding hydrogens is 226 g/mol. The van der Waals surface area contributed by atoms with Crippen LogP contribution in [-0.2, 0) is 4.79 Å². The summed E-state index contributed by atoms with van der Waals surface area (Å²) in [7, 11) is 0. The number of aryl methyl sites for hydroxylation is 2. The minimum absolute atomic E-state index is 0.132. The van der Waals surface area contributed by atoms with E-state index in [0.717, 1.165) is 35.6 Å². The minimum Gasteiger partial charge on any atom is -0.323 e. The number of amides is 1. The maximum absolute atomic E-state index is 12.0. The average Bonchev–Trinajstić information content (AvgIpc) is 2.55. The molecule has 0 spiro atoms. The van der Waals surface area contributed by atoms with E-state index in [1.165, 1.54) is 6.42 Å². The van der Waals surface area contributed by atoms with Gasteiger partial charge in [-0.3, -0.25) is 4.79 Å². The van der Waals surface area contributed by atoms with Gasteiger partial charge in [-0.15, -0.1) is 0 Å².